The van der Waals surface area contributed by atoms with Crippen LogP contribution in [0.4, 0.5) is 0 Å². The van der Waals surface area contributed by atoms with E-state index in [-0.39, 0.29) is 34.5 Å². The van der Waals surface area contributed by atoms with E-state index < -0.39 is 50.5 Å². The number of aromatic nitrogens is 4. The number of aromatic amines is 1. The molecule has 0 aliphatic carbocycles. The van der Waals surface area contributed by atoms with Gasteiger partial charge in [-0.2, -0.15) is 5.21 Å². The SMILES string of the molecule is CCCCN(CCCC)S(=O)(=O)CCC(Sc1nn[nH]n1)C1=C(C(=O)O)N2C(=O)C(NC(=O)C(N)c3ccc(O)cc3)[C@@H]2SC1. The van der Waals surface area contributed by atoms with Crippen LogP contribution in [0.25, 0.3) is 0 Å². The highest BCUT2D eigenvalue weighted by atomic mass is 32.2. The minimum atomic E-state index is -3.67. The molecule has 4 rings (SSSR count). The molecule has 0 spiro atoms. The summed E-state index contributed by atoms with van der Waals surface area (Å²) in [7, 11) is -3.67. The molecule has 0 radical (unpaired) electrons. The van der Waals surface area contributed by atoms with Gasteiger partial charge < -0.3 is 21.3 Å². The Hall–Kier alpha value is -3.19. The van der Waals surface area contributed by atoms with Crippen LogP contribution in [0.2, 0.25) is 0 Å². The Morgan fingerprint density at radius 1 is 1.22 bits per heavy atom. The Bertz CT molecular complexity index is 1480. The lowest BCUT2D eigenvalue weighted by Crippen LogP contribution is -2.71. The number of hydrogen-bond acceptors (Lipinski definition) is 12. The number of fused-ring (bicyclic) bond motifs is 1. The number of amides is 2. The topological polar surface area (TPSA) is 225 Å². The molecule has 15 nitrogen and oxygen atoms in total. The van der Waals surface area contributed by atoms with Crippen LogP contribution in [-0.4, -0.2) is 108 Å². The van der Waals surface area contributed by atoms with E-state index in [0.717, 1.165) is 42.3 Å². The van der Waals surface area contributed by atoms with Crippen molar-refractivity contribution in [2.24, 2.45) is 5.73 Å². The number of rotatable bonds is 17. The lowest BCUT2D eigenvalue weighted by atomic mass is 9.99. The maximum absolute atomic E-state index is 13.4. The number of tetrazole rings is 1. The number of carbonyl (C=O) groups is 3. The maximum atomic E-state index is 13.4. The van der Waals surface area contributed by atoms with Gasteiger partial charge in [0, 0.05) is 24.1 Å². The standard InChI is InChI=1S/C27H38N8O7S3/c1-3-5-12-34(13-6-4-2)45(41,42)14-11-19(44-27-30-32-33-31-27)18-15-43-25-21(24(38)35(25)22(18)26(39)40)29-23(37)20(28)16-7-9-17(36)10-8-16/h7-10,19-21,25,36H,3-6,11-15,28H2,1-2H3,(H,29,37)(H,39,40)(H,30,31,32,33)/t19?,20?,21?,25-/m0/s1. The van der Waals surface area contributed by atoms with Crippen molar-refractivity contribution in [1.82, 2.24) is 35.1 Å². The second kappa shape index (κ2) is 15.4. The number of carbonyl (C=O) groups excluding carboxylic acids is 2. The van der Waals surface area contributed by atoms with Crippen LogP contribution in [0.15, 0.2) is 40.7 Å². The zero-order chi connectivity index (χ0) is 32.7. The number of nitrogens with one attached hydrogen (secondary N) is 2. The first-order valence-corrected chi connectivity index (χ1v) is 18.2. The number of nitrogens with zero attached hydrogens (tertiary/aromatic N) is 5. The highest BCUT2D eigenvalue weighted by Crippen LogP contribution is 2.44. The zero-order valence-electron chi connectivity index (χ0n) is 25.0. The van der Waals surface area contributed by atoms with Gasteiger partial charge in [-0.25, -0.2) is 17.5 Å². The second-order valence-electron chi connectivity index (χ2n) is 10.7. The quantitative estimate of drug-likeness (QED) is 0.118. The highest BCUT2D eigenvalue weighted by Gasteiger charge is 2.55. The fourth-order valence-electron chi connectivity index (χ4n) is 5.04. The van der Waals surface area contributed by atoms with Crippen LogP contribution < -0.4 is 11.1 Å². The van der Waals surface area contributed by atoms with Gasteiger partial charge in [-0.3, -0.25) is 14.5 Å². The third-order valence-electron chi connectivity index (χ3n) is 7.55. The number of nitrogens with two attached hydrogens (primary N) is 1. The van der Waals surface area contributed by atoms with Gasteiger partial charge >= 0.3 is 5.97 Å². The molecule has 2 amide bonds. The Morgan fingerprint density at radius 3 is 2.47 bits per heavy atom. The molecule has 4 atom stereocenters. The summed E-state index contributed by atoms with van der Waals surface area (Å²) < 4.78 is 28.4. The number of β-lactam (4-membered cyclic amide) rings is 1. The summed E-state index contributed by atoms with van der Waals surface area (Å²) in [4.78, 5) is 40.0. The van der Waals surface area contributed by atoms with Crippen molar-refractivity contribution < 1.29 is 33.0 Å². The number of benzene rings is 1. The lowest BCUT2D eigenvalue weighted by Gasteiger charge is -2.50. The third-order valence-corrected chi connectivity index (χ3v) is 11.9. The first-order valence-electron chi connectivity index (χ1n) is 14.6. The van der Waals surface area contributed by atoms with Gasteiger partial charge in [-0.1, -0.05) is 50.6 Å². The predicted octanol–water partition coefficient (Wildman–Crippen LogP) is 1.43. The first-order chi connectivity index (χ1) is 21.5. The van der Waals surface area contributed by atoms with E-state index in [0.29, 0.717) is 24.2 Å². The fourth-order valence-corrected chi connectivity index (χ4v) is 9.34. The van der Waals surface area contributed by atoms with E-state index in [4.69, 9.17) is 5.73 Å². The van der Waals surface area contributed by atoms with Gasteiger partial charge in [0.25, 0.3) is 5.91 Å². The van der Waals surface area contributed by atoms with Crippen molar-refractivity contribution in [3.8, 4) is 5.75 Å². The number of unbranched alkanes of at least 4 members (excludes halogenated alkanes) is 2. The van der Waals surface area contributed by atoms with Gasteiger partial charge in [0.1, 0.15) is 28.9 Å². The van der Waals surface area contributed by atoms with Crippen molar-refractivity contribution in [2.75, 3.05) is 24.6 Å². The normalized spacial score (nSPS) is 19.6. The van der Waals surface area contributed by atoms with Gasteiger partial charge in [0.2, 0.25) is 21.1 Å². The Labute approximate surface area is 269 Å². The highest BCUT2D eigenvalue weighted by molar-refractivity contribution is 8.01. The molecule has 0 saturated carbocycles. The van der Waals surface area contributed by atoms with E-state index in [1.165, 1.54) is 40.3 Å². The van der Waals surface area contributed by atoms with Crippen LogP contribution in [0, 0.1) is 0 Å². The molecule has 2 aliphatic rings. The molecule has 45 heavy (non-hydrogen) atoms. The Kier molecular flexibility index (Phi) is 11.9. The number of phenolic OH excluding ortho intramolecular Hbond substituents is 1. The Balaban J connectivity index is 1.55. The van der Waals surface area contributed by atoms with Crippen LogP contribution in [0.1, 0.15) is 57.6 Å². The first kappa shape index (κ1) is 34.7. The molecular weight excluding hydrogens is 645 g/mol. The smallest absolute Gasteiger partial charge is 0.352 e. The van der Waals surface area contributed by atoms with Crippen LogP contribution in [-0.2, 0) is 24.4 Å². The molecule has 1 aromatic heterocycles. The molecule has 1 fully saturated rings. The maximum Gasteiger partial charge on any atom is 0.352 e. The number of aliphatic carboxylic acids is 1. The molecule has 2 aromatic rings. The van der Waals surface area contributed by atoms with Crippen molar-refractivity contribution in [3.05, 3.63) is 41.1 Å². The molecule has 18 heteroatoms. The van der Waals surface area contributed by atoms with Crippen LogP contribution in [0.3, 0.4) is 0 Å². The fraction of sp³-hybridized carbons (Fsp3) is 0.556. The minimum Gasteiger partial charge on any atom is -0.508 e. The van der Waals surface area contributed by atoms with E-state index in [2.05, 4.69) is 25.9 Å². The number of sulfonamides is 1. The summed E-state index contributed by atoms with van der Waals surface area (Å²) in [6.45, 7) is 4.81. The second-order valence-corrected chi connectivity index (χ2v) is 15.0. The number of phenols is 1. The summed E-state index contributed by atoms with van der Waals surface area (Å²) in [5, 5.41) is 35.1. The van der Waals surface area contributed by atoms with Crippen molar-refractivity contribution in [2.45, 2.75) is 73.8 Å². The van der Waals surface area contributed by atoms with E-state index in [1.54, 1.807) is 0 Å². The molecule has 2 aliphatic heterocycles. The molecule has 3 heterocycles. The lowest BCUT2D eigenvalue weighted by molar-refractivity contribution is -0.150. The van der Waals surface area contributed by atoms with Gasteiger partial charge in [0.15, 0.2) is 0 Å². The summed E-state index contributed by atoms with van der Waals surface area (Å²) in [5.74, 6) is -2.65. The monoisotopic (exact) mass is 682 g/mol. The van der Waals surface area contributed by atoms with Gasteiger partial charge in [-0.15, -0.1) is 22.0 Å². The molecule has 1 saturated heterocycles. The zero-order valence-corrected chi connectivity index (χ0v) is 27.4. The van der Waals surface area contributed by atoms with Crippen molar-refractivity contribution in [3.63, 3.8) is 0 Å². The average molecular weight is 683 g/mol. The summed E-state index contributed by atoms with van der Waals surface area (Å²) in [6.07, 6.45) is 3.19. The Morgan fingerprint density at radius 2 is 1.89 bits per heavy atom. The van der Waals surface area contributed by atoms with E-state index in [9.17, 15) is 33.0 Å². The van der Waals surface area contributed by atoms with Crippen molar-refractivity contribution >= 4 is 51.3 Å². The number of hydrogen-bond donors (Lipinski definition) is 5. The minimum absolute atomic E-state index is 0.0114. The van der Waals surface area contributed by atoms with Crippen LogP contribution in [0.5, 0.6) is 5.75 Å². The van der Waals surface area contributed by atoms with Gasteiger partial charge in [-0.05, 0) is 47.7 Å². The van der Waals surface area contributed by atoms with Gasteiger partial charge in [0.05, 0.1) is 5.75 Å². The number of aromatic hydroxyl groups is 1. The van der Waals surface area contributed by atoms with Crippen LogP contribution >= 0.6 is 23.5 Å². The number of H-pyrrole nitrogens is 1. The number of carboxylic acids is 1. The molecule has 1 aromatic carbocycles. The third kappa shape index (κ3) is 8.16. The predicted molar refractivity (Wildman–Crippen MR) is 168 cm³/mol. The van der Waals surface area contributed by atoms with E-state index >= 15 is 0 Å². The number of carboxylic acid groups (broad SMARTS) is 1. The summed E-state index contributed by atoms with van der Waals surface area (Å²) in [6, 6.07) is 3.66. The van der Waals surface area contributed by atoms with Crippen molar-refractivity contribution in [1.29, 1.82) is 0 Å². The largest absolute Gasteiger partial charge is 0.508 e. The molecule has 0 bridgehead atoms. The molecular formula is C27H38N8O7S3. The summed E-state index contributed by atoms with van der Waals surface area (Å²) >= 11 is 2.34. The summed E-state index contributed by atoms with van der Waals surface area (Å²) in [5.41, 5.74) is 6.62. The number of thioether (sulfide) groups is 2. The molecule has 246 valence electrons. The van der Waals surface area contributed by atoms with E-state index in [1.807, 2.05) is 13.8 Å². The molecule has 6 N–H and O–H groups in total. The average Bonchev–Trinajstić information content (AvgIpc) is 3.54. The molecule has 3 unspecified atom stereocenters.